The van der Waals surface area contributed by atoms with E-state index in [1.165, 1.54) is 0 Å². The fourth-order valence-electron chi connectivity index (χ4n) is 2.62. The smallest absolute Gasteiger partial charge is 0.228 e. The van der Waals surface area contributed by atoms with E-state index in [0.29, 0.717) is 18.6 Å². The van der Waals surface area contributed by atoms with E-state index >= 15 is 0 Å². The predicted molar refractivity (Wildman–Crippen MR) is 69.4 cm³/mol. The molecule has 0 aromatic rings. The minimum atomic E-state index is 0. The third-order valence-corrected chi connectivity index (χ3v) is 3.53. The van der Waals surface area contributed by atoms with Gasteiger partial charge in [-0.1, -0.05) is 0 Å². The van der Waals surface area contributed by atoms with Gasteiger partial charge >= 0.3 is 0 Å². The number of nitrogens with zero attached hydrogens (tertiary/aromatic N) is 1. The van der Waals surface area contributed by atoms with Gasteiger partial charge in [0.1, 0.15) is 0 Å². The molecule has 4 nitrogen and oxygen atoms in total. The first-order valence-corrected chi connectivity index (χ1v) is 6.34. The summed E-state index contributed by atoms with van der Waals surface area (Å²) < 4.78 is 5.48. The monoisotopic (exact) mass is 262 g/mol. The van der Waals surface area contributed by atoms with Gasteiger partial charge in [-0.3, -0.25) is 4.79 Å². The summed E-state index contributed by atoms with van der Waals surface area (Å²) in [6.07, 6.45) is 3.41. The van der Waals surface area contributed by atoms with Gasteiger partial charge in [0.05, 0.1) is 12.0 Å². The maximum Gasteiger partial charge on any atom is 0.228 e. The van der Waals surface area contributed by atoms with Gasteiger partial charge in [-0.05, 0) is 33.2 Å². The number of likely N-dealkylation sites (N-methyl/N-ethyl adjacent to an activating group) is 1. The van der Waals surface area contributed by atoms with Crippen LogP contribution in [0.2, 0.25) is 0 Å². The highest BCUT2D eigenvalue weighted by molar-refractivity contribution is 5.85. The van der Waals surface area contributed by atoms with Gasteiger partial charge < -0.3 is 15.0 Å². The van der Waals surface area contributed by atoms with Crippen LogP contribution in [0.3, 0.4) is 0 Å². The van der Waals surface area contributed by atoms with Crippen molar-refractivity contribution in [3.8, 4) is 0 Å². The van der Waals surface area contributed by atoms with Gasteiger partial charge in [0.25, 0.3) is 0 Å². The molecule has 1 heterocycles. The molecule has 3 atom stereocenters. The van der Waals surface area contributed by atoms with Crippen LogP contribution in [0.15, 0.2) is 0 Å². The number of amides is 1. The van der Waals surface area contributed by atoms with E-state index in [1.807, 2.05) is 14.0 Å². The van der Waals surface area contributed by atoms with E-state index in [4.69, 9.17) is 4.74 Å². The first kappa shape index (κ1) is 14.7. The first-order chi connectivity index (χ1) is 7.77. The second kappa shape index (κ2) is 6.57. The van der Waals surface area contributed by atoms with Crippen molar-refractivity contribution in [2.24, 2.45) is 5.92 Å². The van der Waals surface area contributed by atoms with Crippen LogP contribution in [0.1, 0.15) is 26.2 Å². The number of nitrogens with one attached hydrogen (secondary N) is 1. The molecule has 0 radical (unpaired) electrons. The Bertz CT molecular complexity index is 263. The molecule has 1 saturated carbocycles. The molecule has 2 aliphatic rings. The zero-order valence-corrected chi connectivity index (χ0v) is 11.5. The minimum Gasteiger partial charge on any atom is -0.378 e. The summed E-state index contributed by atoms with van der Waals surface area (Å²) in [7, 11) is 1.95. The Morgan fingerprint density at radius 2 is 2.29 bits per heavy atom. The van der Waals surface area contributed by atoms with E-state index in [-0.39, 0.29) is 24.4 Å². The lowest BCUT2D eigenvalue weighted by Crippen LogP contribution is -2.42. The molecule has 100 valence electrons. The number of hydrogen-bond acceptors (Lipinski definition) is 3. The molecule has 5 heteroatoms. The summed E-state index contributed by atoms with van der Waals surface area (Å²) in [6, 6.07) is 0.403. The Hall–Kier alpha value is -0.320. The molecule has 3 unspecified atom stereocenters. The molecule has 1 aliphatic carbocycles. The number of carbonyl (C=O) groups excluding carboxylic acids is 1. The van der Waals surface area contributed by atoms with Crippen molar-refractivity contribution < 1.29 is 9.53 Å². The average Bonchev–Trinajstić information content (AvgIpc) is 2.88. The van der Waals surface area contributed by atoms with Crippen molar-refractivity contribution in [2.45, 2.75) is 38.3 Å². The topological polar surface area (TPSA) is 41.6 Å². The van der Waals surface area contributed by atoms with E-state index in [2.05, 4.69) is 10.2 Å². The first-order valence-electron chi connectivity index (χ1n) is 6.34. The fourth-order valence-corrected chi connectivity index (χ4v) is 2.62. The summed E-state index contributed by atoms with van der Waals surface area (Å²) in [5.41, 5.74) is 0. The van der Waals surface area contributed by atoms with Crippen molar-refractivity contribution in [1.82, 2.24) is 10.2 Å². The number of ether oxygens (including phenoxy) is 1. The van der Waals surface area contributed by atoms with Crippen molar-refractivity contribution in [2.75, 3.05) is 26.7 Å². The molecule has 2 fully saturated rings. The van der Waals surface area contributed by atoms with Crippen molar-refractivity contribution >= 4 is 18.3 Å². The number of carbonyl (C=O) groups is 1. The Kier molecular flexibility index (Phi) is 5.70. The van der Waals surface area contributed by atoms with Crippen LogP contribution in [0, 0.1) is 5.92 Å². The van der Waals surface area contributed by atoms with Crippen molar-refractivity contribution in [3.63, 3.8) is 0 Å². The molecule has 0 bridgehead atoms. The summed E-state index contributed by atoms with van der Waals surface area (Å²) in [4.78, 5) is 14.3. The molecule has 2 rings (SSSR count). The molecule has 0 aromatic carbocycles. The highest BCUT2D eigenvalue weighted by Gasteiger charge is 2.47. The van der Waals surface area contributed by atoms with Crippen LogP contribution in [0.5, 0.6) is 0 Å². The lowest BCUT2D eigenvalue weighted by molar-refractivity contribution is -0.134. The van der Waals surface area contributed by atoms with E-state index in [9.17, 15) is 4.79 Å². The highest BCUT2D eigenvalue weighted by atomic mass is 35.5. The summed E-state index contributed by atoms with van der Waals surface area (Å²) in [6.45, 7) is 4.55. The van der Waals surface area contributed by atoms with E-state index in [1.54, 1.807) is 0 Å². The molecular formula is C12H23ClN2O2. The standard InChI is InChI=1S/C12H22N2O2.ClH/c1-3-16-11-7-10(11)12(15)14-6-4-5-9(14)8-13-2;/h9-11,13H,3-8H2,1-2H3;1H. The quantitative estimate of drug-likeness (QED) is 0.805. The van der Waals surface area contributed by atoms with Crippen LogP contribution >= 0.6 is 12.4 Å². The van der Waals surface area contributed by atoms with Crippen molar-refractivity contribution in [3.05, 3.63) is 0 Å². The third kappa shape index (κ3) is 3.33. The minimum absolute atomic E-state index is 0. The molecule has 17 heavy (non-hydrogen) atoms. The maximum absolute atomic E-state index is 12.2. The second-order valence-electron chi connectivity index (χ2n) is 4.72. The van der Waals surface area contributed by atoms with Gasteiger partial charge in [-0.25, -0.2) is 0 Å². The van der Waals surface area contributed by atoms with Crippen LogP contribution in [-0.2, 0) is 9.53 Å². The zero-order chi connectivity index (χ0) is 11.5. The van der Waals surface area contributed by atoms with Gasteiger partial charge in [0, 0.05) is 25.7 Å². The summed E-state index contributed by atoms with van der Waals surface area (Å²) in [5.74, 6) is 0.466. The summed E-state index contributed by atoms with van der Waals surface area (Å²) in [5, 5.41) is 3.17. The zero-order valence-electron chi connectivity index (χ0n) is 10.6. The van der Waals surface area contributed by atoms with Gasteiger partial charge in [0.15, 0.2) is 0 Å². The molecule has 1 aliphatic heterocycles. The number of likely N-dealkylation sites (tertiary alicyclic amines) is 1. The van der Waals surface area contributed by atoms with Gasteiger partial charge in [0.2, 0.25) is 5.91 Å². The second-order valence-corrected chi connectivity index (χ2v) is 4.72. The Morgan fingerprint density at radius 1 is 1.53 bits per heavy atom. The van der Waals surface area contributed by atoms with Gasteiger partial charge in [-0.2, -0.15) is 0 Å². The summed E-state index contributed by atoms with van der Waals surface area (Å²) >= 11 is 0. The number of rotatable bonds is 5. The predicted octanol–water partition coefficient (Wildman–Crippen LogP) is 1.04. The van der Waals surface area contributed by atoms with Gasteiger partial charge in [-0.15, -0.1) is 12.4 Å². The maximum atomic E-state index is 12.2. The number of halogens is 1. The fraction of sp³-hybridized carbons (Fsp3) is 0.917. The lowest BCUT2D eigenvalue weighted by Gasteiger charge is -2.24. The molecule has 0 spiro atoms. The number of hydrogen-bond donors (Lipinski definition) is 1. The molecule has 1 N–H and O–H groups in total. The molecule has 0 aromatic heterocycles. The Labute approximate surface area is 109 Å². The van der Waals surface area contributed by atoms with Crippen molar-refractivity contribution in [1.29, 1.82) is 0 Å². The van der Waals surface area contributed by atoms with Crippen LogP contribution in [-0.4, -0.2) is 49.7 Å². The molecular weight excluding hydrogens is 240 g/mol. The third-order valence-electron chi connectivity index (χ3n) is 3.53. The van der Waals surface area contributed by atoms with Crippen LogP contribution in [0.25, 0.3) is 0 Å². The average molecular weight is 263 g/mol. The highest BCUT2D eigenvalue weighted by Crippen LogP contribution is 2.37. The van der Waals surface area contributed by atoms with E-state index < -0.39 is 0 Å². The largest absolute Gasteiger partial charge is 0.378 e. The lowest BCUT2D eigenvalue weighted by atomic mass is 10.2. The van der Waals surface area contributed by atoms with Crippen LogP contribution < -0.4 is 5.32 Å². The van der Waals surface area contributed by atoms with Crippen LogP contribution in [0.4, 0.5) is 0 Å². The SMILES string of the molecule is CCOC1CC1C(=O)N1CCCC1CNC.Cl. The normalized spacial score (nSPS) is 31.2. The Balaban J connectivity index is 0.00000144. The van der Waals surface area contributed by atoms with E-state index in [0.717, 1.165) is 32.4 Å². The Morgan fingerprint density at radius 3 is 2.94 bits per heavy atom. The molecule has 1 amide bonds. The molecule has 1 saturated heterocycles.